The van der Waals surface area contributed by atoms with Gasteiger partial charge in [0, 0.05) is 49.2 Å². The van der Waals surface area contributed by atoms with Crippen LogP contribution < -0.4 is 5.73 Å². The first-order valence-corrected chi connectivity index (χ1v) is 9.63. The Hall–Kier alpha value is -2.44. The van der Waals surface area contributed by atoms with Crippen LogP contribution in [0.1, 0.15) is 66.1 Å². The lowest BCUT2D eigenvalue weighted by Crippen LogP contribution is -2.39. The first kappa shape index (κ1) is 17.0. The van der Waals surface area contributed by atoms with Crippen LogP contribution in [0.3, 0.4) is 0 Å². The van der Waals surface area contributed by atoms with Crippen molar-refractivity contribution >= 4 is 11.9 Å². The lowest BCUT2D eigenvalue weighted by molar-refractivity contribution is 0.0702. The summed E-state index contributed by atoms with van der Waals surface area (Å²) < 4.78 is 2.20. The summed E-state index contributed by atoms with van der Waals surface area (Å²) in [4.78, 5) is 28.2. The summed E-state index contributed by atoms with van der Waals surface area (Å²) in [6, 6.07) is 0. The predicted molar refractivity (Wildman–Crippen MR) is 98.9 cm³/mol. The average Bonchev–Trinajstić information content (AvgIpc) is 3.15. The van der Waals surface area contributed by atoms with Crippen LogP contribution in [0, 0.1) is 0 Å². The topological polar surface area (TPSA) is 89.9 Å². The summed E-state index contributed by atoms with van der Waals surface area (Å²) in [6.45, 7) is 4.53. The van der Waals surface area contributed by atoms with E-state index in [1.54, 1.807) is 0 Å². The number of likely N-dealkylation sites (tertiary alicyclic amines) is 1. The summed E-state index contributed by atoms with van der Waals surface area (Å²) in [7, 11) is 0. The molecule has 0 aromatic carbocycles. The molecule has 0 radical (unpaired) electrons. The lowest BCUT2D eigenvalue weighted by atomic mass is 9.93. The molecule has 0 spiro atoms. The summed E-state index contributed by atoms with van der Waals surface area (Å²) in [5.41, 5.74) is 8.37. The maximum absolute atomic E-state index is 13.1. The van der Waals surface area contributed by atoms with Gasteiger partial charge in [0.2, 0.25) is 5.95 Å². The van der Waals surface area contributed by atoms with Crippen LogP contribution >= 0.6 is 0 Å². The predicted octanol–water partition coefficient (Wildman–Crippen LogP) is 2.17. The molecule has 138 valence electrons. The Morgan fingerprint density at radius 2 is 2.00 bits per heavy atom. The fourth-order valence-corrected chi connectivity index (χ4v) is 4.23. The number of fused-ring (bicyclic) bond motifs is 1. The molecule has 2 aromatic rings. The van der Waals surface area contributed by atoms with Crippen molar-refractivity contribution in [2.45, 2.75) is 57.9 Å². The molecule has 0 saturated carbocycles. The molecule has 26 heavy (non-hydrogen) atoms. The zero-order valence-corrected chi connectivity index (χ0v) is 15.3. The van der Waals surface area contributed by atoms with Crippen molar-refractivity contribution in [2.75, 3.05) is 18.8 Å². The van der Waals surface area contributed by atoms with E-state index in [0.29, 0.717) is 11.6 Å². The molecule has 0 bridgehead atoms. The first-order chi connectivity index (χ1) is 12.7. The van der Waals surface area contributed by atoms with E-state index in [4.69, 9.17) is 5.73 Å². The van der Waals surface area contributed by atoms with E-state index in [1.807, 2.05) is 17.3 Å². The molecule has 2 aromatic heterocycles. The zero-order valence-electron chi connectivity index (χ0n) is 15.3. The van der Waals surface area contributed by atoms with Gasteiger partial charge in [0.05, 0.1) is 0 Å². The van der Waals surface area contributed by atoms with Crippen molar-refractivity contribution < 1.29 is 4.79 Å². The number of carbonyl (C=O) groups excluding carboxylic acids is 1. The van der Waals surface area contributed by atoms with Crippen LogP contribution in [0.4, 0.5) is 5.95 Å². The molecule has 1 fully saturated rings. The quantitative estimate of drug-likeness (QED) is 0.912. The van der Waals surface area contributed by atoms with Gasteiger partial charge < -0.3 is 15.2 Å². The van der Waals surface area contributed by atoms with E-state index in [-0.39, 0.29) is 11.9 Å². The van der Waals surface area contributed by atoms with Crippen molar-refractivity contribution in [2.24, 2.45) is 0 Å². The minimum absolute atomic E-state index is 0.00883. The minimum Gasteiger partial charge on any atom is -0.368 e. The van der Waals surface area contributed by atoms with Gasteiger partial charge in [-0.2, -0.15) is 0 Å². The molecule has 0 atom stereocenters. The molecule has 1 saturated heterocycles. The SMILES string of the molecule is CCn1ccnc1C1CCN(C(=O)c2nc(N)nc3c2CCCC3)CC1. The van der Waals surface area contributed by atoms with E-state index in [1.165, 1.54) is 0 Å². The van der Waals surface area contributed by atoms with Crippen LogP contribution in [-0.4, -0.2) is 43.4 Å². The monoisotopic (exact) mass is 354 g/mol. The summed E-state index contributed by atoms with van der Waals surface area (Å²) in [5, 5.41) is 0. The van der Waals surface area contributed by atoms with Gasteiger partial charge in [0.25, 0.3) is 5.91 Å². The molecule has 1 aliphatic carbocycles. The van der Waals surface area contributed by atoms with E-state index < -0.39 is 0 Å². The molecule has 3 heterocycles. The highest BCUT2D eigenvalue weighted by Gasteiger charge is 2.30. The second-order valence-electron chi connectivity index (χ2n) is 7.20. The van der Waals surface area contributed by atoms with E-state index in [9.17, 15) is 4.79 Å². The number of rotatable bonds is 3. The highest BCUT2D eigenvalue weighted by molar-refractivity contribution is 5.94. The highest BCUT2D eigenvalue weighted by Crippen LogP contribution is 2.29. The van der Waals surface area contributed by atoms with Crippen molar-refractivity contribution in [1.29, 1.82) is 0 Å². The molecule has 1 aliphatic heterocycles. The van der Waals surface area contributed by atoms with E-state index in [2.05, 4.69) is 26.4 Å². The molecule has 4 rings (SSSR count). The molecule has 7 heteroatoms. The summed E-state index contributed by atoms with van der Waals surface area (Å²) >= 11 is 0. The van der Waals surface area contributed by atoms with Gasteiger partial charge in [-0.15, -0.1) is 0 Å². The van der Waals surface area contributed by atoms with Gasteiger partial charge in [0.1, 0.15) is 11.5 Å². The average molecular weight is 354 g/mol. The third kappa shape index (κ3) is 3.06. The lowest BCUT2D eigenvalue weighted by Gasteiger charge is -2.32. The Kier molecular flexibility index (Phi) is 4.61. The normalized spacial score (nSPS) is 18.0. The van der Waals surface area contributed by atoms with Gasteiger partial charge in [0.15, 0.2) is 0 Å². The number of imidazole rings is 1. The van der Waals surface area contributed by atoms with Crippen LogP contribution in [0.15, 0.2) is 12.4 Å². The third-order valence-corrected chi connectivity index (χ3v) is 5.64. The number of nitrogens with two attached hydrogens (primary N) is 1. The van der Waals surface area contributed by atoms with Crippen LogP contribution in [0.2, 0.25) is 0 Å². The molecule has 0 unspecified atom stereocenters. The van der Waals surface area contributed by atoms with E-state index >= 15 is 0 Å². The van der Waals surface area contributed by atoms with Crippen molar-refractivity contribution in [3.63, 3.8) is 0 Å². The third-order valence-electron chi connectivity index (χ3n) is 5.64. The molecular weight excluding hydrogens is 328 g/mol. The van der Waals surface area contributed by atoms with Gasteiger partial charge in [-0.25, -0.2) is 15.0 Å². The van der Waals surface area contributed by atoms with Gasteiger partial charge in [-0.1, -0.05) is 0 Å². The molecular formula is C19H26N6O. The number of carbonyl (C=O) groups is 1. The fraction of sp³-hybridized carbons (Fsp3) is 0.579. The minimum atomic E-state index is 0.00883. The summed E-state index contributed by atoms with van der Waals surface area (Å²) in [5.74, 6) is 1.78. The number of aryl methyl sites for hydroxylation is 2. The van der Waals surface area contributed by atoms with Crippen molar-refractivity contribution in [1.82, 2.24) is 24.4 Å². The van der Waals surface area contributed by atoms with Crippen LogP contribution in [0.5, 0.6) is 0 Å². The molecule has 1 amide bonds. The number of hydrogen-bond acceptors (Lipinski definition) is 5. The zero-order chi connectivity index (χ0) is 18.1. The second-order valence-corrected chi connectivity index (χ2v) is 7.20. The Balaban J connectivity index is 1.50. The number of hydrogen-bond donors (Lipinski definition) is 1. The Labute approximate surface area is 153 Å². The van der Waals surface area contributed by atoms with Crippen molar-refractivity contribution in [3.05, 3.63) is 35.2 Å². The van der Waals surface area contributed by atoms with Gasteiger partial charge >= 0.3 is 0 Å². The highest BCUT2D eigenvalue weighted by atomic mass is 16.2. The number of aromatic nitrogens is 4. The molecule has 2 aliphatic rings. The molecule has 7 nitrogen and oxygen atoms in total. The van der Waals surface area contributed by atoms with Gasteiger partial charge in [-0.3, -0.25) is 4.79 Å². The Morgan fingerprint density at radius 1 is 1.23 bits per heavy atom. The summed E-state index contributed by atoms with van der Waals surface area (Å²) in [6.07, 6.45) is 9.73. The first-order valence-electron chi connectivity index (χ1n) is 9.63. The number of nitrogens with zero attached hydrogens (tertiary/aromatic N) is 5. The Bertz CT molecular complexity index is 806. The maximum Gasteiger partial charge on any atom is 0.272 e. The van der Waals surface area contributed by atoms with Crippen LogP contribution in [0.25, 0.3) is 0 Å². The number of nitrogen functional groups attached to an aromatic ring is 1. The fourth-order valence-electron chi connectivity index (χ4n) is 4.23. The largest absolute Gasteiger partial charge is 0.368 e. The number of piperidine rings is 1. The van der Waals surface area contributed by atoms with E-state index in [0.717, 1.165) is 75.2 Å². The number of amides is 1. The second kappa shape index (κ2) is 7.05. The van der Waals surface area contributed by atoms with Crippen molar-refractivity contribution in [3.8, 4) is 0 Å². The molecule has 2 N–H and O–H groups in total. The van der Waals surface area contributed by atoms with Gasteiger partial charge in [-0.05, 0) is 45.4 Å². The standard InChI is InChI=1S/C19H26N6O/c1-2-24-12-9-21-17(24)13-7-10-25(11-8-13)18(26)16-14-5-3-4-6-15(14)22-19(20)23-16/h9,12-13H,2-8,10-11H2,1H3,(H2,20,22,23). The van der Waals surface area contributed by atoms with Crippen LogP contribution in [-0.2, 0) is 19.4 Å². The maximum atomic E-state index is 13.1. The number of anilines is 1. The smallest absolute Gasteiger partial charge is 0.272 e. The Morgan fingerprint density at radius 3 is 2.77 bits per heavy atom.